The average molecular weight is 503 g/mol. The van der Waals surface area contributed by atoms with Crippen LogP contribution in [0.1, 0.15) is 22.3 Å². The molecule has 7 rings (SSSR count). The van der Waals surface area contributed by atoms with Gasteiger partial charge in [0.1, 0.15) is 0 Å². The predicted molar refractivity (Wildman–Crippen MR) is 164 cm³/mol. The second-order valence-corrected chi connectivity index (χ2v) is 9.82. The van der Waals surface area contributed by atoms with E-state index in [1.165, 1.54) is 44.5 Å². The monoisotopic (exact) mass is 502 g/mol. The van der Waals surface area contributed by atoms with Crippen LogP contribution in [0, 0.1) is 0 Å². The van der Waals surface area contributed by atoms with E-state index in [9.17, 15) is 0 Å². The van der Waals surface area contributed by atoms with Gasteiger partial charge in [-0.3, -0.25) is 0 Å². The number of anilines is 2. The van der Waals surface area contributed by atoms with Gasteiger partial charge in [0, 0.05) is 11.4 Å². The molecule has 0 amide bonds. The van der Waals surface area contributed by atoms with Crippen LogP contribution in [0.2, 0.25) is 0 Å². The van der Waals surface area contributed by atoms with Crippen LogP contribution in [0.5, 0.6) is 0 Å². The van der Waals surface area contributed by atoms with Gasteiger partial charge < -0.3 is 11.5 Å². The lowest BCUT2D eigenvalue weighted by Crippen LogP contribution is -2.28. The first-order chi connectivity index (χ1) is 19.2. The molecule has 6 aromatic carbocycles. The van der Waals surface area contributed by atoms with Crippen molar-refractivity contribution in [2.24, 2.45) is 0 Å². The molecule has 6 aromatic rings. The van der Waals surface area contributed by atoms with Crippen molar-refractivity contribution >= 4 is 11.4 Å². The first-order valence-electron chi connectivity index (χ1n) is 13.2. The molecule has 1 aliphatic carbocycles. The minimum absolute atomic E-state index is 0.317. The highest BCUT2D eigenvalue weighted by Crippen LogP contribution is 2.55. The molecular formula is C37H30N2. The Morgan fingerprint density at radius 3 is 1.44 bits per heavy atom. The smallest absolute Gasteiger partial charge is 0.0713 e. The number of fused-ring (bicyclic) bond motifs is 3. The van der Waals surface area contributed by atoms with Crippen molar-refractivity contribution in [3.63, 3.8) is 0 Å². The SMILES string of the molecule is Nc1ccc(C2(c3ccccc3)c3ccccc3-c3ccccc32)cc1.Nc1cccc(-c2ccccc2)c1. The molecule has 0 radical (unpaired) electrons. The van der Waals surface area contributed by atoms with E-state index in [0.717, 1.165) is 11.4 Å². The predicted octanol–water partition coefficient (Wildman–Crippen LogP) is 8.57. The first kappa shape index (κ1) is 24.3. The highest BCUT2D eigenvalue weighted by molar-refractivity contribution is 5.86. The highest BCUT2D eigenvalue weighted by Gasteiger charge is 2.45. The molecule has 0 atom stereocenters. The molecule has 1 aliphatic rings. The molecule has 4 N–H and O–H groups in total. The zero-order valence-electron chi connectivity index (χ0n) is 21.7. The maximum absolute atomic E-state index is 6.00. The Morgan fingerprint density at radius 2 is 0.846 bits per heavy atom. The van der Waals surface area contributed by atoms with Crippen molar-refractivity contribution in [1.82, 2.24) is 0 Å². The molecule has 0 heterocycles. The first-order valence-corrected chi connectivity index (χ1v) is 13.2. The van der Waals surface area contributed by atoms with Crippen LogP contribution in [-0.2, 0) is 5.41 Å². The van der Waals surface area contributed by atoms with Gasteiger partial charge in [0.15, 0.2) is 0 Å². The molecule has 0 fully saturated rings. The van der Waals surface area contributed by atoms with E-state index in [1.54, 1.807) is 0 Å². The number of hydrogen-bond donors (Lipinski definition) is 2. The van der Waals surface area contributed by atoms with Crippen LogP contribution >= 0.6 is 0 Å². The minimum atomic E-state index is -0.317. The third-order valence-corrected chi connectivity index (χ3v) is 7.50. The largest absolute Gasteiger partial charge is 0.399 e. The second-order valence-electron chi connectivity index (χ2n) is 9.82. The lowest BCUT2D eigenvalue weighted by atomic mass is 9.68. The van der Waals surface area contributed by atoms with Crippen LogP contribution in [0.25, 0.3) is 22.3 Å². The van der Waals surface area contributed by atoms with E-state index in [0.29, 0.717) is 0 Å². The van der Waals surface area contributed by atoms with E-state index in [2.05, 4.69) is 109 Å². The second kappa shape index (κ2) is 10.4. The molecule has 0 bridgehead atoms. The summed E-state index contributed by atoms with van der Waals surface area (Å²) in [6.07, 6.45) is 0. The molecule has 0 unspecified atom stereocenters. The summed E-state index contributed by atoms with van der Waals surface area (Å²) in [6, 6.07) is 54.8. The molecule has 0 aromatic heterocycles. The molecule has 39 heavy (non-hydrogen) atoms. The normalized spacial score (nSPS) is 12.5. The standard InChI is InChI=1S/C25H19N.C12H11N/c26-20-16-14-19(15-17-20)25(18-8-2-1-3-9-18)23-12-6-4-10-21(23)22-11-5-7-13-24(22)25;13-12-8-4-7-11(9-12)10-5-2-1-3-6-10/h1-17H,26H2;1-9H,13H2. The van der Waals surface area contributed by atoms with Crippen molar-refractivity contribution in [3.05, 3.63) is 180 Å². The maximum Gasteiger partial charge on any atom is 0.0713 e. The van der Waals surface area contributed by atoms with Gasteiger partial charge in [-0.05, 0) is 68.8 Å². The number of rotatable bonds is 3. The van der Waals surface area contributed by atoms with Gasteiger partial charge >= 0.3 is 0 Å². The lowest BCUT2D eigenvalue weighted by Gasteiger charge is -2.33. The molecule has 2 heteroatoms. The van der Waals surface area contributed by atoms with Crippen molar-refractivity contribution in [1.29, 1.82) is 0 Å². The molecule has 2 nitrogen and oxygen atoms in total. The minimum Gasteiger partial charge on any atom is -0.399 e. The molecule has 0 spiro atoms. The summed E-state index contributed by atoms with van der Waals surface area (Å²) >= 11 is 0. The van der Waals surface area contributed by atoms with Gasteiger partial charge in [-0.1, -0.05) is 133 Å². The fraction of sp³-hybridized carbons (Fsp3) is 0.0270. The average Bonchev–Trinajstić information content (AvgIpc) is 3.30. The molecule has 0 saturated heterocycles. The van der Waals surface area contributed by atoms with Crippen molar-refractivity contribution in [2.75, 3.05) is 11.5 Å². The van der Waals surface area contributed by atoms with Crippen molar-refractivity contribution in [3.8, 4) is 22.3 Å². The summed E-state index contributed by atoms with van der Waals surface area (Å²) < 4.78 is 0. The summed E-state index contributed by atoms with van der Waals surface area (Å²) in [7, 11) is 0. The number of hydrogen-bond acceptors (Lipinski definition) is 2. The van der Waals surface area contributed by atoms with E-state index < -0.39 is 0 Å². The quantitative estimate of drug-likeness (QED) is 0.238. The fourth-order valence-corrected chi connectivity index (χ4v) is 5.79. The van der Waals surface area contributed by atoms with E-state index in [4.69, 9.17) is 11.5 Å². The zero-order chi connectivity index (χ0) is 26.7. The fourth-order valence-electron chi connectivity index (χ4n) is 5.79. The highest BCUT2D eigenvalue weighted by atomic mass is 14.5. The van der Waals surface area contributed by atoms with Gasteiger partial charge in [0.2, 0.25) is 0 Å². The Hall–Kier alpha value is -5.08. The van der Waals surface area contributed by atoms with Gasteiger partial charge in [-0.15, -0.1) is 0 Å². The maximum atomic E-state index is 6.00. The van der Waals surface area contributed by atoms with E-state index >= 15 is 0 Å². The Bertz CT molecular complexity index is 1660. The van der Waals surface area contributed by atoms with Gasteiger partial charge in [0.05, 0.1) is 5.41 Å². The Labute approximate surface area is 230 Å². The lowest BCUT2D eigenvalue weighted by molar-refractivity contribution is 0.768. The van der Waals surface area contributed by atoms with Crippen LogP contribution in [-0.4, -0.2) is 0 Å². The van der Waals surface area contributed by atoms with E-state index in [1.807, 2.05) is 48.5 Å². The zero-order valence-corrected chi connectivity index (χ0v) is 21.7. The topological polar surface area (TPSA) is 52.0 Å². The number of nitrogens with two attached hydrogens (primary N) is 2. The van der Waals surface area contributed by atoms with Gasteiger partial charge in [0.25, 0.3) is 0 Å². The molecule has 188 valence electrons. The number of benzene rings is 6. The van der Waals surface area contributed by atoms with Crippen LogP contribution < -0.4 is 11.5 Å². The van der Waals surface area contributed by atoms with Crippen molar-refractivity contribution < 1.29 is 0 Å². The Balaban J connectivity index is 0.000000179. The summed E-state index contributed by atoms with van der Waals surface area (Å²) in [5.41, 5.74) is 23.1. The van der Waals surface area contributed by atoms with Crippen LogP contribution in [0.4, 0.5) is 11.4 Å². The summed E-state index contributed by atoms with van der Waals surface area (Å²) in [5.74, 6) is 0. The number of nitrogen functional groups attached to an aromatic ring is 2. The van der Waals surface area contributed by atoms with Crippen molar-refractivity contribution in [2.45, 2.75) is 5.41 Å². The van der Waals surface area contributed by atoms with Gasteiger partial charge in [-0.2, -0.15) is 0 Å². The third-order valence-electron chi connectivity index (χ3n) is 7.50. The van der Waals surface area contributed by atoms with Crippen LogP contribution in [0.3, 0.4) is 0 Å². The molecular weight excluding hydrogens is 472 g/mol. The summed E-state index contributed by atoms with van der Waals surface area (Å²) in [5, 5.41) is 0. The summed E-state index contributed by atoms with van der Waals surface area (Å²) in [4.78, 5) is 0. The molecule has 0 saturated carbocycles. The Morgan fingerprint density at radius 1 is 0.359 bits per heavy atom. The van der Waals surface area contributed by atoms with Gasteiger partial charge in [-0.25, -0.2) is 0 Å². The van der Waals surface area contributed by atoms with E-state index in [-0.39, 0.29) is 5.41 Å². The Kier molecular flexibility index (Phi) is 6.44. The third kappa shape index (κ3) is 4.36. The van der Waals surface area contributed by atoms with Crippen LogP contribution in [0.15, 0.2) is 158 Å². The molecule has 0 aliphatic heterocycles. The summed E-state index contributed by atoms with van der Waals surface area (Å²) in [6.45, 7) is 0.